The van der Waals surface area contributed by atoms with E-state index in [1.165, 1.54) is 16.8 Å². The second-order valence-corrected chi connectivity index (χ2v) is 5.47. The molecule has 1 unspecified atom stereocenters. The number of ether oxygens (including phenoxy) is 1. The molecule has 23 heavy (non-hydrogen) atoms. The number of rotatable bonds is 5. The summed E-state index contributed by atoms with van der Waals surface area (Å²) in [5.41, 5.74) is -1.05. The molecule has 1 aliphatic carbocycles. The minimum atomic E-state index is -0.692. The van der Waals surface area contributed by atoms with Gasteiger partial charge in [-0.05, 0) is 25.8 Å². The van der Waals surface area contributed by atoms with Gasteiger partial charge in [0.25, 0.3) is 5.56 Å². The fourth-order valence-corrected chi connectivity index (χ4v) is 2.74. The molecular weight excluding hydrogens is 304 g/mol. The Morgan fingerprint density at radius 1 is 1.48 bits per heavy atom. The SMILES string of the molecule is CCOC(=O)C=Cc1cn(C2C[C@H](CO)[C@@H](O)C2)c(=O)[nH]c1=O. The van der Waals surface area contributed by atoms with Gasteiger partial charge >= 0.3 is 11.7 Å². The predicted octanol–water partition coefficient (Wildman–Crippen LogP) is -0.583. The highest BCUT2D eigenvalue weighted by molar-refractivity contribution is 5.86. The smallest absolute Gasteiger partial charge is 0.330 e. The summed E-state index contributed by atoms with van der Waals surface area (Å²) in [7, 11) is 0. The van der Waals surface area contributed by atoms with Crippen molar-refractivity contribution >= 4 is 12.0 Å². The Morgan fingerprint density at radius 2 is 2.22 bits per heavy atom. The molecule has 3 atom stereocenters. The Labute approximate surface area is 132 Å². The summed E-state index contributed by atoms with van der Waals surface area (Å²) in [4.78, 5) is 37.3. The molecule has 1 aromatic heterocycles. The van der Waals surface area contributed by atoms with E-state index in [4.69, 9.17) is 4.74 Å². The number of hydrogen-bond donors (Lipinski definition) is 3. The fraction of sp³-hybridized carbons (Fsp3) is 0.533. The van der Waals surface area contributed by atoms with E-state index in [1.54, 1.807) is 6.92 Å². The normalized spacial score (nSPS) is 24.2. The summed E-state index contributed by atoms with van der Waals surface area (Å²) >= 11 is 0. The largest absolute Gasteiger partial charge is 0.463 e. The van der Waals surface area contributed by atoms with Gasteiger partial charge in [-0.1, -0.05) is 0 Å². The van der Waals surface area contributed by atoms with Gasteiger partial charge < -0.3 is 14.9 Å². The lowest BCUT2D eigenvalue weighted by molar-refractivity contribution is -0.137. The van der Waals surface area contributed by atoms with Gasteiger partial charge in [-0.2, -0.15) is 0 Å². The number of nitrogens with zero attached hydrogens (tertiary/aromatic N) is 1. The lowest BCUT2D eigenvalue weighted by Crippen LogP contribution is -2.32. The second kappa shape index (κ2) is 7.38. The van der Waals surface area contributed by atoms with Crippen molar-refractivity contribution in [2.75, 3.05) is 13.2 Å². The molecule has 126 valence electrons. The molecule has 1 heterocycles. The number of carbonyl (C=O) groups excluding carboxylic acids is 1. The van der Waals surface area contributed by atoms with Crippen LogP contribution in [0.1, 0.15) is 31.4 Å². The Bertz CT molecular complexity index is 705. The summed E-state index contributed by atoms with van der Waals surface area (Å²) in [6, 6.07) is -0.318. The van der Waals surface area contributed by atoms with Gasteiger partial charge in [0.2, 0.25) is 0 Å². The van der Waals surface area contributed by atoms with E-state index in [0.29, 0.717) is 12.8 Å². The first-order chi connectivity index (χ1) is 11.0. The third-order valence-electron chi connectivity index (χ3n) is 3.94. The monoisotopic (exact) mass is 324 g/mol. The second-order valence-electron chi connectivity index (χ2n) is 5.47. The number of esters is 1. The van der Waals surface area contributed by atoms with Gasteiger partial charge in [-0.15, -0.1) is 0 Å². The van der Waals surface area contributed by atoms with Crippen molar-refractivity contribution in [2.24, 2.45) is 5.92 Å². The average molecular weight is 324 g/mol. The molecule has 1 aromatic rings. The molecular formula is C15H20N2O6. The maximum Gasteiger partial charge on any atom is 0.330 e. The molecule has 8 heteroatoms. The van der Waals surface area contributed by atoms with Crippen LogP contribution < -0.4 is 11.2 Å². The molecule has 0 amide bonds. The summed E-state index contributed by atoms with van der Waals surface area (Å²) in [5.74, 6) is -0.876. The minimum Gasteiger partial charge on any atom is -0.463 e. The Morgan fingerprint density at radius 3 is 2.83 bits per heavy atom. The van der Waals surface area contributed by atoms with E-state index >= 15 is 0 Å². The van der Waals surface area contributed by atoms with Crippen LogP contribution in [-0.4, -0.2) is 45.1 Å². The number of aromatic nitrogens is 2. The Hall–Kier alpha value is -2.19. The van der Waals surface area contributed by atoms with E-state index < -0.39 is 23.3 Å². The Balaban J connectivity index is 2.29. The molecule has 0 bridgehead atoms. The van der Waals surface area contributed by atoms with E-state index in [9.17, 15) is 24.6 Å². The number of nitrogens with one attached hydrogen (secondary N) is 1. The number of carbonyl (C=O) groups is 1. The van der Waals surface area contributed by atoms with E-state index in [2.05, 4.69) is 4.98 Å². The molecule has 0 aliphatic heterocycles. The first kappa shape index (κ1) is 17.2. The highest BCUT2D eigenvalue weighted by Crippen LogP contribution is 2.33. The predicted molar refractivity (Wildman–Crippen MR) is 81.8 cm³/mol. The topological polar surface area (TPSA) is 122 Å². The Kier molecular flexibility index (Phi) is 5.51. The number of aliphatic hydroxyl groups is 2. The summed E-state index contributed by atoms with van der Waals surface area (Å²) in [5, 5.41) is 19.0. The molecule has 0 saturated heterocycles. The van der Waals surface area contributed by atoms with Gasteiger partial charge in [0.05, 0.1) is 18.3 Å². The first-order valence-electron chi connectivity index (χ1n) is 7.45. The van der Waals surface area contributed by atoms with Crippen LogP contribution in [0.3, 0.4) is 0 Å². The molecule has 8 nitrogen and oxygen atoms in total. The van der Waals surface area contributed by atoms with Gasteiger partial charge in [0.1, 0.15) is 0 Å². The molecule has 1 aliphatic rings. The van der Waals surface area contributed by atoms with Crippen molar-refractivity contribution in [1.82, 2.24) is 9.55 Å². The maximum atomic E-state index is 12.0. The van der Waals surface area contributed by atoms with Gasteiger partial charge in [0, 0.05) is 30.8 Å². The van der Waals surface area contributed by atoms with Gasteiger partial charge in [-0.3, -0.25) is 14.3 Å². The first-order valence-corrected chi connectivity index (χ1v) is 7.45. The van der Waals surface area contributed by atoms with Gasteiger partial charge in [-0.25, -0.2) is 9.59 Å². The van der Waals surface area contributed by atoms with Crippen molar-refractivity contribution in [1.29, 1.82) is 0 Å². The van der Waals surface area contributed by atoms with Crippen molar-refractivity contribution in [2.45, 2.75) is 31.9 Å². The van der Waals surface area contributed by atoms with Crippen LogP contribution in [0.4, 0.5) is 0 Å². The van der Waals surface area contributed by atoms with Crippen molar-refractivity contribution < 1.29 is 19.7 Å². The van der Waals surface area contributed by atoms with Crippen LogP contribution in [0.2, 0.25) is 0 Å². The summed E-state index contributed by atoms with van der Waals surface area (Å²) < 4.78 is 6.06. The quantitative estimate of drug-likeness (QED) is 0.492. The molecule has 0 radical (unpaired) electrons. The molecule has 0 spiro atoms. The highest BCUT2D eigenvalue weighted by Gasteiger charge is 2.34. The molecule has 2 rings (SSSR count). The third kappa shape index (κ3) is 3.96. The highest BCUT2D eigenvalue weighted by atomic mass is 16.5. The number of aliphatic hydroxyl groups excluding tert-OH is 2. The lowest BCUT2D eigenvalue weighted by atomic mass is 10.1. The zero-order valence-corrected chi connectivity index (χ0v) is 12.8. The molecule has 3 N–H and O–H groups in total. The lowest BCUT2D eigenvalue weighted by Gasteiger charge is -2.13. The van der Waals surface area contributed by atoms with Crippen LogP contribution in [0.15, 0.2) is 21.9 Å². The van der Waals surface area contributed by atoms with E-state index in [1.807, 2.05) is 0 Å². The van der Waals surface area contributed by atoms with Crippen LogP contribution in [0.5, 0.6) is 0 Å². The van der Waals surface area contributed by atoms with Crippen LogP contribution in [0, 0.1) is 5.92 Å². The zero-order valence-electron chi connectivity index (χ0n) is 12.8. The van der Waals surface area contributed by atoms with E-state index in [-0.39, 0.29) is 30.7 Å². The fourth-order valence-electron chi connectivity index (χ4n) is 2.74. The maximum absolute atomic E-state index is 12.0. The summed E-state index contributed by atoms with van der Waals surface area (Å²) in [6.45, 7) is 1.73. The minimum absolute atomic E-state index is 0.139. The molecule has 0 aromatic carbocycles. The van der Waals surface area contributed by atoms with Crippen LogP contribution in [-0.2, 0) is 9.53 Å². The molecule has 1 saturated carbocycles. The van der Waals surface area contributed by atoms with Crippen molar-refractivity contribution in [3.63, 3.8) is 0 Å². The van der Waals surface area contributed by atoms with Crippen LogP contribution in [0.25, 0.3) is 6.08 Å². The van der Waals surface area contributed by atoms with Crippen molar-refractivity contribution in [3.8, 4) is 0 Å². The zero-order chi connectivity index (χ0) is 17.0. The number of aromatic amines is 1. The standard InChI is InChI=1S/C15H20N2O6/c1-2-23-13(20)4-3-9-7-17(15(22)16-14(9)21)11-5-10(8-18)12(19)6-11/h3-4,7,10-12,18-19H,2,5-6,8H2,1H3,(H,16,21,22)/t10-,11?,12+/m1/s1. The third-order valence-corrected chi connectivity index (χ3v) is 3.94. The van der Waals surface area contributed by atoms with E-state index in [0.717, 1.165) is 6.08 Å². The average Bonchev–Trinajstić information content (AvgIpc) is 2.87. The van der Waals surface area contributed by atoms with Gasteiger partial charge in [0.15, 0.2) is 0 Å². The summed E-state index contributed by atoms with van der Waals surface area (Å²) in [6.07, 6.45) is 3.81. The van der Waals surface area contributed by atoms with Crippen molar-refractivity contribution in [3.05, 3.63) is 38.7 Å². The number of H-pyrrole nitrogens is 1. The van der Waals surface area contributed by atoms with Crippen LogP contribution >= 0.6 is 0 Å². The molecule has 1 fully saturated rings. The number of hydrogen-bond acceptors (Lipinski definition) is 6.